The van der Waals surface area contributed by atoms with Crippen LogP contribution in [0.4, 0.5) is 0 Å². The zero-order valence-corrected chi connectivity index (χ0v) is 18.2. The third-order valence-corrected chi connectivity index (χ3v) is 6.38. The number of hydrogen-bond acceptors (Lipinski definition) is 5. The molecule has 2 aromatic carbocycles. The van der Waals surface area contributed by atoms with Gasteiger partial charge in [0.1, 0.15) is 16.1 Å². The van der Waals surface area contributed by atoms with Crippen molar-refractivity contribution >= 4 is 37.7 Å². The fourth-order valence-electron chi connectivity index (χ4n) is 3.55. The number of aryl methyl sites for hydroxylation is 1. The molecule has 0 aliphatic heterocycles. The van der Waals surface area contributed by atoms with Crippen LogP contribution in [0.5, 0.6) is 0 Å². The molecule has 7 heteroatoms. The Labute approximate surface area is 188 Å². The van der Waals surface area contributed by atoms with Crippen LogP contribution in [0.15, 0.2) is 77.9 Å². The normalized spacial score (nSPS) is 11.2. The van der Waals surface area contributed by atoms with Crippen LogP contribution in [0, 0.1) is 6.92 Å². The summed E-state index contributed by atoms with van der Waals surface area (Å²) < 4.78 is 1.85. The molecule has 158 valence electrons. The number of thiophene rings is 1. The van der Waals surface area contributed by atoms with Gasteiger partial charge in [0.15, 0.2) is 0 Å². The highest BCUT2D eigenvalue weighted by Crippen LogP contribution is 2.31. The molecule has 3 aromatic heterocycles. The van der Waals surface area contributed by atoms with E-state index in [1.165, 1.54) is 27.8 Å². The molecule has 0 radical (unpaired) electrons. The molecule has 32 heavy (non-hydrogen) atoms. The van der Waals surface area contributed by atoms with Gasteiger partial charge in [-0.25, -0.2) is 9.97 Å². The number of carbonyl (C=O) groups is 1. The second-order valence-corrected chi connectivity index (χ2v) is 8.63. The minimum Gasteiger partial charge on any atom is -0.350 e. The highest BCUT2D eigenvalue weighted by atomic mass is 32.1. The third-order valence-electron chi connectivity index (χ3n) is 5.30. The Bertz CT molecular complexity index is 1490. The fraction of sp³-hybridized carbons (Fsp3) is 0.120. The van der Waals surface area contributed by atoms with E-state index in [9.17, 15) is 9.59 Å². The lowest BCUT2D eigenvalue weighted by atomic mass is 10.1. The Hall–Kier alpha value is -3.84. The van der Waals surface area contributed by atoms with E-state index in [0.29, 0.717) is 16.8 Å². The van der Waals surface area contributed by atoms with Gasteiger partial charge < -0.3 is 5.32 Å². The van der Waals surface area contributed by atoms with Crippen molar-refractivity contribution in [2.24, 2.45) is 0 Å². The topological polar surface area (TPSA) is 76.9 Å². The number of carbonyl (C=O) groups excluding carboxylic acids is 1. The molecule has 5 rings (SSSR count). The SMILES string of the molecule is Cc1ccc(CNC(=O)Cn2cnc3c(sc4nc(-c5ccccc5)ccc43)c2=O)cc1. The van der Waals surface area contributed by atoms with E-state index in [0.717, 1.165) is 27.0 Å². The summed E-state index contributed by atoms with van der Waals surface area (Å²) in [6, 6.07) is 21.8. The Balaban J connectivity index is 1.40. The van der Waals surface area contributed by atoms with Crippen molar-refractivity contribution in [1.82, 2.24) is 19.9 Å². The molecular weight excluding hydrogens is 420 g/mol. The Morgan fingerprint density at radius 2 is 1.81 bits per heavy atom. The van der Waals surface area contributed by atoms with Gasteiger partial charge in [-0.3, -0.25) is 14.2 Å². The van der Waals surface area contributed by atoms with Gasteiger partial charge in [-0.2, -0.15) is 0 Å². The average Bonchev–Trinajstić information content (AvgIpc) is 3.20. The van der Waals surface area contributed by atoms with Crippen molar-refractivity contribution in [2.75, 3.05) is 0 Å². The monoisotopic (exact) mass is 440 g/mol. The summed E-state index contributed by atoms with van der Waals surface area (Å²) in [5.74, 6) is -0.237. The number of hydrogen-bond donors (Lipinski definition) is 1. The van der Waals surface area contributed by atoms with Crippen molar-refractivity contribution in [1.29, 1.82) is 0 Å². The second-order valence-electron chi connectivity index (χ2n) is 7.63. The summed E-state index contributed by atoms with van der Waals surface area (Å²) in [4.78, 5) is 35.4. The maximum atomic E-state index is 13.0. The van der Waals surface area contributed by atoms with Crippen LogP contribution in [-0.2, 0) is 17.9 Å². The Morgan fingerprint density at radius 3 is 2.59 bits per heavy atom. The number of aromatic nitrogens is 3. The molecule has 1 amide bonds. The van der Waals surface area contributed by atoms with Crippen molar-refractivity contribution in [3.05, 3.63) is 94.5 Å². The average molecular weight is 441 g/mol. The van der Waals surface area contributed by atoms with Crippen LogP contribution in [0.1, 0.15) is 11.1 Å². The predicted octanol–water partition coefficient (Wildman–Crippen LogP) is 4.30. The van der Waals surface area contributed by atoms with Gasteiger partial charge in [-0.1, -0.05) is 60.2 Å². The van der Waals surface area contributed by atoms with Crippen LogP contribution in [0.2, 0.25) is 0 Å². The fourth-order valence-corrected chi connectivity index (χ4v) is 4.62. The first-order valence-corrected chi connectivity index (χ1v) is 11.1. The summed E-state index contributed by atoms with van der Waals surface area (Å²) >= 11 is 1.31. The van der Waals surface area contributed by atoms with Crippen molar-refractivity contribution < 1.29 is 4.79 Å². The molecule has 0 saturated heterocycles. The van der Waals surface area contributed by atoms with Crippen molar-refractivity contribution in [3.63, 3.8) is 0 Å². The highest BCUT2D eigenvalue weighted by molar-refractivity contribution is 7.25. The summed E-state index contributed by atoms with van der Waals surface area (Å²) in [6.07, 6.45) is 1.44. The zero-order chi connectivity index (χ0) is 22.1. The molecule has 5 aromatic rings. The van der Waals surface area contributed by atoms with E-state index >= 15 is 0 Å². The van der Waals surface area contributed by atoms with Gasteiger partial charge in [-0.05, 0) is 24.6 Å². The van der Waals surface area contributed by atoms with Crippen molar-refractivity contribution in [2.45, 2.75) is 20.0 Å². The first-order chi connectivity index (χ1) is 15.6. The van der Waals surface area contributed by atoms with Crippen LogP contribution >= 0.6 is 11.3 Å². The molecular formula is C25H20N4O2S. The molecule has 0 aliphatic rings. The third kappa shape index (κ3) is 3.90. The van der Waals surface area contributed by atoms with E-state index in [1.54, 1.807) is 0 Å². The molecule has 0 fully saturated rings. The number of amides is 1. The van der Waals surface area contributed by atoms with Gasteiger partial charge in [0.05, 0.1) is 17.5 Å². The first kappa shape index (κ1) is 20.1. The van der Waals surface area contributed by atoms with Crippen LogP contribution < -0.4 is 10.9 Å². The van der Waals surface area contributed by atoms with Crippen LogP contribution in [0.3, 0.4) is 0 Å². The maximum absolute atomic E-state index is 13.0. The molecule has 0 saturated carbocycles. The van der Waals surface area contributed by atoms with E-state index < -0.39 is 0 Å². The van der Waals surface area contributed by atoms with Gasteiger partial charge >= 0.3 is 0 Å². The molecule has 1 N–H and O–H groups in total. The summed E-state index contributed by atoms with van der Waals surface area (Å²) in [6.45, 7) is 2.35. The molecule has 0 spiro atoms. The lowest BCUT2D eigenvalue weighted by molar-refractivity contribution is -0.121. The Kier molecular flexibility index (Phi) is 5.25. The second kappa shape index (κ2) is 8.36. The number of pyridine rings is 1. The molecule has 0 unspecified atom stereocenters. The van der Waals surface area contributed by atoms with E-state index in [1.807, 2.05) is 73.7 Å². The first-order valence-electron chi connectivity index (χ1n) is 10.2. The molecule has 0 bridgehead atoms. The number of fused-ring (bicyclic) bond motifs is 3. The van der Waals surface area contributed by atoms with Crippen LogP contribution in [-0.4, -0.2) is 20.4 Å². The smallest absolute Gasteiger partial charge is 0.271 e. The largest absolute Gasteiger partial charge is 0.350 e. The molecule has 0 aliphatic carbocycles. The van der Waals surface area contributed by atoms with Gasteiger partial charge in [0.2, 0.25) is 5.91 Å². The lowest BCUT2D eigenvalue weighted by Gasteiger charge is -2.07. The van der Waals surface area contributed by atoms with E-state index in [-0.39, 0.29) is 18.0 Å². The maximum Gasteiger partial charge on any atom is 0.271 e. The standard InChI is InChI=1S/C25H20N4O2S/c1-16-7-9-17(10-8-16)13-26-21(30)14-29-15-27-22-19-11-12-20(18-5-3-2-4-6-18)28-24(19)32-23(22)25(29)31/h2-12,15H,13-14H2,1H3,(H,26,30). The quantitative estimate of drug-likeness (QED) is 0.442. The highest BCUT2D eigenvalue weighted by Gasteiger charge is 2.15. The Morgan fingerprint density at radius 1 is 1.03 bits per heavy atom. The van der Waals surface area contributed by atoms with Crippen molar-refractivity contribution in [3.8, 4) is 11.3 Å². The minimum absolute atomic E-state index is 0.0788. The summed E-state index contributed by atoms with van der Waals surface area (Å²) in [5, 5.41) is 3.70. The zero-order valence-electron chi connectivity index (χ0n) is 17.4. The number of nitrogens with one attached hydrogen (secondary N) is 1. The number of nitrogens with zero attached hydrogens (tertiary/aromatic N) is 3. The van der Waals surface area contributed by atoms with Crippen LogP contribution in [0.25, 0.3) is 31.7 Å². The lowest BCUT2D eigenvalue weighted by Crippen LogP contribution is -2.31. The van der Waals surface area contributed by atoms with E-state index in [2.05, 4.69) is 10.3 Å². The summed E-state index contributed by atoms with van der Waals surface area (Å²) in [7, 11) is 0. The molecule has 0 atom stereocenters. The van der Waals surface area contributed by atoms with E-state index in [4.69, 9.17) is 4.98 Å². The number of benzene rings is 2. The van der Waals surface area contributed by atoms with Gasteiger partial charge in [-0.15, -0.1) is 11.3 Å². The number of rotatable bonds is 5. The van der Waals surface area contributed by atoms with Gasteiger partial charge in [0.25, 0.3) is 5.56 Å². The molecule has 3 heterocycles. The predicted molar refractivity (Wildman–Crippen MR) is 128 cm³/mol. The molecule has 6 nitrogen and oxygen atoms in total. The summed E-state index contributed by atoms with van der Waals surface area (Å²) in [5.41, 5.74) is 4.43. The minimum atomic E-state index is -0.237. The van der Waals surface area contributed by atoms with Gasteiger partial charge in [0, 0.05) is 17.5 Å².